The molecule has 134 valence electrons. The zero-order valence-electron chi connectivity index (χ0n) is 14.9. The van der Waals surface area contributed by atoms with Gasteiger partial charge in [0.1, 0.15) is 0 Å². The second kappa shape index (κ2) is 7.17. The third-order valence-corrected chi connectivity index (χ3v) is 4.77. The maximum absolute atomic E-state index is 12.4. The Morgan fingerprint density at radius 3 is 2.58 bits per heavy atom. The summed E-state index contributed by atoms with van der Waals surface area (Å²) in [6.45, 7) is 6.02. The lowest BCUT2D eigenvalue weighted by Crippen LogP contribution is -2.49. The van der Waals surface area contributed by atoms with Crippen molar-refractivity contribution in [1.29, 1.82) is 0 Å². The molecule has 6 nitrogen and oxygen atoms in total. The van der Waals surface area contributed by atoms with Crippen molar-refractivity contribution >= 4 is 17.2 Å². The van der Waals surface area contributed by atoms with Gasteiger partial charge in [-0.15, -0.1) is 0 Å². The highest BCUT2D eigenvalue weighted by Crippen LogP contribution is 2.13. The number of nitrogens with one attached hydrogen (secondary N) is 1. The van der Waals surface area contributed by atoms with E-state index in [9.17, 15) is 4.79 Å². The smallest absolute Gasteiger partial charge is 0.321 e. The summed E-state index contributed by atoms with van der Waals surface area (Å²) in [5, 5.41) is 7.58. The highest BCUT2D eigenvalue weighted by Gasteiger charge is 2.21. The fraction of sp³-hybridized carbons (Fsp3) is 0.300. The molecule has 0 radical (unpaired) electrons. The monoisotopic (exact) mass is 349 g/mol. The predicted molar refractivity (Wildman–Crippen MR) is 102 cm³/mol. The first kappa shape index (κ1) is 16.6. The van der Waals surface area contributed by atoms with E-state index in [-0.39, 0.29) is 6.03 Å². The van der Waals surface area contributed by atoms with Crippen molar-refractivity contribution < 1.29 is 4.79 Å². The first-order chi connectivity index (χ1) is 12.7. The van der Waals surface area contributed by atoms with Crippen molar-refractivity contribution in [2.45, 2.75) is 13.5 Å². The van der Waals surface area contributed by atoms with Crippen LogP contribution in [0.1, 0.15) is 11.3 Å². The molecule has 1 saturated heterocycles. The van der Waals surface area contributed by atoms with Gasteiger partial charge in [0.2, 0.25) is 0 Å². The summed E-state index contributed by atoms with van der Waals surface area (Å²) in [6.07, 6.45) is 1.96. The number of aryl methyl sites for hydroxylation is 1. The molecule has 0 bridgehead atoms. The predicted octanol–water partition coefficient (Wildman–Crippen LogP) is 2.99. The highest BCUT2D eigenvalue weighted by molar-refractivity contribution is 5.89. The molecule has 1 N–H and O–H groups in total. The van der Waals surface area contributed by atoms with Crippen molar-refractivity contribution in [2.24, 2.45) is 0 Å². The fourth-order valence-electron chi connectivity index (χ4n) is 3.25. The second-order valence-corrected chi connectivity index (χ2v) is 6.77. The summed E-state index contributed by atoms with van der Waals surface area (Å²) in [5.74, 6) is 0. The van der Waals surface area contributed by atoms with Crippen molar-refractivity contribution in [3.63, 3.8) is 0 Å². The SMILES string of the molecule is Cc1ccc(NC(=O)N2CCN(Cc3cc4ccccn4n3)CC2)cc1. The van der Waals surface area contributed by atoms with Gasteiger partial charge in [-0.3, -0.25) is 4.90 Å². The summed E-state index contributed by atoms with van der Waals surface area (Å²) in [7, 11) is 0. The number of fused-ring (bicyclic) bond motifs is 1. The molecule has 6 heteroatoms. The van der Waals surface area contributed by atoms with Gasteiger partial charge >= 0.3 is 6.03 Å². The van der Waals surface area contributed by atoms with E-state index in [0.717, 1.165) is 49.6 Å². The maximum Gasteiger partial charge on any atom is 0.321 e. The van der Waals surface area contributed by atoms with Gasteiger partial charge in [0.25, 0.3) is 0 Å². The van der Waals surface area contributed by atoms with Gasteiger partial charge in [-0.1, -0.05) is 23.8 Å². The average Bonchev–Trinajstić information content (AvgIpc) is 3.06. The van der Waals surface area contributed by atoms with Gasteiger partial charge < -0.3 is 10.2 Å². The van der Waals surface area contributed by atoms with Crippen LogP contribution in [0.3, 0.4) is 0 Å². The molecule has 0 unspecified atom stereocenters. The number of hydrogen-bond acceptors (Lipinski definition) is 3. The van der Waals surface area contributed by atoms with E-state index in [1.165, 1.54) is 5.56 Å². The normalized spacial score (nSPS) is 15.3. The van der Waals surface area contributed by atoms with Crippen LogP contribution in [0.5, 0.6) is 0 Å². The molecular formula is C20H23N5O. The molecule has 1 aliphatic rings. The van der Waals surface area contributed by atoms with E-state index < -0.39 is 0 Å². The number of carbonyl (C=O) groups excluding carboxylic acids is 1. The molecule has 2 amide bonds. The first-order valence-electron chi connectivity index (χ1n) is 8.96. The van der Waals surface area contributed by atoms with E-state index in [1.54, 1.807) is 0 Å². The number of amides is 2. The summed E-state index contributed by atoms with van der Waals surface area (Å²) in [5.41, 5.74) is 4.20. The Morgan fingerprint density at radius 1 is 1.08 bits per heavy atom. The van der Waals surface area contributed by atoms with Gasteiger partial charge in [-0.25, -0.2) is 9.31 Å². The highest BCUT2D eigenvalue weighted by atomic mass is 16.2. The number of rotatable bonds is 3. The van der Waals surface area contributed by atoms with Gasteiger partial charge in [-0.2, -0.15) is 5.10 Å². The third kappa shape index (κ3) is 3.70. The Morgan fingerprint density at radius 2 is 1.85 bits per heavy atom. The van der Waals surface area contributed by atoms with Crippen molar-refractivity contribution in [1.82, 2.24) is 19.4 Å². The molecule has 0 aliphatic carbocycles. The fourth-order valence-corrected chi connectivity index (χ4v) is 3.25. The number of aromatic nitrogens is 2. The molecule has 1 aliphatic heterocycles. The maximum atomic E-state index is 12.4. The Labute approximate surface area is 153 Å². The lowest BCUT2D eigenvalue weighted by Gasteiger charge is -2.34. The molecule has 4 rings (SSSR count). The lowest BCUT2D eigenvalue weighted by atomic mass is 10.2. The van der Waals surface area contributed by atoms with Crippen LogP contribution in [0.2, 0.25) is 0 Å². The van der Waals surface area contributed by atoms with Crippen molar-refractivity contribution in [2.75, 3.05) is 31.5 Å². The van der Waals surface area contributed by atoms with Crippen LogP contribution >= 0.6 is 0 Å². The van der Waals surface area contributed by atoms with Crippen LogP contribution in [0.4, 0.5) is 10.5 Å². The van der Waals surface area contributed by atoms with E-state index in [4.69, 9.17) is 0 Å². The summed E-state index contributed by atoms with van der Waals surface area (Å²) in [6, 6.07) is 16.0. The molecule has 1 fully saturated rings. The first-order valence-corrected chi connectivity index (χ1v) is 8.96. The second-order valence-electron chi connectivity index (χ2n) is 6.77. The molecular weight excluding hydrogens is 326 g/mol. The third-order valence-electron chi connectivity index (χ3n) is 4.77. The van der Waals surface area contributed by atoms with E-state index >= 15 is 0 Å². The molecule has 0 saturated carbocycles. The van der Waals surface area contributed by atoms with Crippen LogP contribution in [0.25, 0.3) is 5.52 Å². The number of piperazine rings is 1. The van der Waals surface area contributed by atoms with Crippen LogP contribution in [0, 0.1) is 6.92 Å². The zero-order valence-corrected chi connectivity index (χ0v) is 14.9. The Hall–Kier alpha value is -2.86. The van der Waals surface area contributed by atoms with Crippen LogP contribution in [0.15, 0.2) is 54.7 Å². The van der Waals surface area contributed by atoms with Crippen LogP contribution in [-0.4, -0.2) is 51.6 Å². The average molecular weight is 349 g/mol. The quantitative estimate of drug-likeness (QED) is 0.791. The largest absolute Gasteiger partial charge is 0.322 e. The van der Waals surface area contributed by atoms with Gasteiger partial charge in [0.05, 0.1) is 11.2 Å². The van der Waals surface area contributed by atoms with Crippen molar-refractivity contribution in [3.8, 4) is 0 Å². The minimum atomic E-state index is -0.0266. The number of carbonyl (C=O) groups is 1. The number of pyridine rings is 1. The Kier molecular flexibility index (Phi) is 4.58. The topological polar surface area (TPSA) is 52.9 Å². The van der Waals surface area contributed by atoms with Gasteiger partial charge in [0, 0.05) is 44.6 Å². The van der Waals surface area contributed by atoms with E-state index in [2.05, 4.69) is 27.4 Å². The van der Waals surface area contributed by atoms with E-state index in [1.807, 2.05) is 58.9 Å². The van der Waals surface area contributed by atoms with Crippen molar-refractivity contribution in [3.05, 3.63) is 66.0 Å². The minimum Gasteiger partial charge on any atom is -0.322 e. The molecule has 3 aromatic rings. The summed E-state index contributed by atoms with van der Waals surface area (Å²) >= 11 is 0. The molecule has 0 atom stereocenters. The summed E-state index contributed by atoms with van der Waals surface area (Å²) in [4.78, 5) is 16.6. The Balaban J connectivity index is 1.30. The lowest BCUT2D eigenvalue weighted by molar-refractivity contribution is 0.142. The number of nitrogens with zero attached hydrogens (tertiary/aromatic N) is 4. The summed E-state index contributed by atoms with van der Waals surface area (Å²) < 4.78 is 1.90. The van der Waals surface area contributed by atoms with Gasteiger partial charge in [0.15, 0.2) is 0 Å². The molecule has 2 aromatic heterocycles. The van der Waals surface area contributed by atoms with Crippen LogP contribution in [-0.2, 0) is 6.54 Å². The number of anilines is 1. The van der Waals surface area contributed by atoms with Gasteiger partial charge in [-0.05, 0) is 37.3 Å². The zero-order chi connectivity index (χ0) is 17.9. The number of benzene rings is 1. The number of urea groups is 1. The minimum absolute atomic E-state index is 0.0266. The standard InChI is InChI=1S/C20H23N5O/c1-16-5-7-17(8-6-16)21-20(26)24-12-10-23(11-13-24)15-18-14-19-4-2-3-9-25(19)22-18/h2-9,14H,10-13,15H2,1H3,(H,21,26). The molecule has 1 aromatic carbocycles. The van der Waals surface area contributed by atoms with Crippen LogP contribution < -0.4 is 5.32 Å². The molecule has 3 heterocycles. The Bertz CT molecular complexity index is 861. The van der Waals surface area contributed by atoms with E-state index in [0.29, 0.717) is 0 Å². The number of hydrogen-bond donors (Lipinski definition) is 1. The molecule has 0 spiro atoms. The molecule has 26 heavy (non-hydrogen) atoms.